The fraction of sp³-hybridized carbons (Fsp3) is 0.118. The summed E-state index contributed by atoms with van der Waals surface area (Å²) >= 11 is 7.56. The van der Waals surface area contributed by atoms with Crippen molar-refractivity contribution in [2.24, 2.45) is 0 Å². The molecular formula is C17H13ClN4OS. The Kier molecular flexibility index (Phi) is 4.15. The Morgan fingerprint density at radius 1 is 1.00 bits per heavy atom. The Hall–Kier alpha value is -2.44. The SMILES string of the molecule is Clc1ccccc1OCc1nn2c(Cc3ccccc3)nnc2s1. The first-order valence-corrected chi connectivity index (χ1v) is 8.60. The van der Waals surface area contributed by atoms with Crippen molar-refractivity contribution < 1.29 is 4.74 Å². The van der Waals surface area contributed by atoms with E-state index in [4.69, 9.17) is 16.3 Å². The number of benzene rings is 2. The summed E-state index contributed by atoms with van der Waals surface area (Å²) in [6, 6.07) is 17.5. The number of halogens is 1. The van der Waals surface area contributed by atoms with Crippen molar-refractivity contribution in [1.82, 2.24) is 19.8 Å². The lowest BCUT2D eigenvalue weighted by molar-refractivity contribution is 0.304. The number of aromatic nitrogens is 4. The normalized spacial score (nSPS) is 11.0. The molecule has 2 aromatic carbocycles. The topological polar surface area (TPSA) is 52.3 Å². The molecule has 5 nitrogen and oxygen atoms in total. The van der Waals surface area contributed by atoms with E-state index in [0.717, 1.165) is 15.8 Å². The van der Waals surface area contributed by atoms with E-state index in [0.29, 0.717) is 23.8 Å². The van der Waals surface area contributed by atoms with E-state index in [2.05, 4.69) is 27.4 Å². The Morgan fingerprint density at radius 3 is 2.62 bits per heavy atom. The second-order valence-electron chi connectivity index (χ2n) is 5.19. The van der Waals surface area contributed by atoms with E-state index in [1.54, 1.807) is 10.6 Å². The molecule has 0 atom stereocenters. The van der Waals surface area contributed by atoms with Gasteiger partial charge in [0.25, 0.3) is 0 Å². The van der Waals surface area contributed by atoms with Crippen molar-refractivity contribution in [3.8, 4) is 5.75 Å². The summed E-state index contributed by atoms with van der Waals surface area (Å²) in [5.74, 6) is 1.46. The number of ether oxygens (including phenoxy) is 1. The molecule has 4 rings (SSSR count). The van der Waals surface area contributed by atoms with Crippen LogP contribution in [0.1, 0.15) is 16.4 Å². The summed E-state index contributed by atoms with van der Waals surface area (Å²) in [6.07, 6.45) is 0.691. The van der Waals surface area contributed by atoms with Crippen molar-refractivity contribution >= 4 is 27.9 Å². The van der Waals surface area contributed by atoms with Gasteiger partial charge in [-0.2, -0.15) is 9.61 Å². The molecular weight excluding hydrogens is 344 g/mol. The monoisotopic (exact) mass is 356 g/mol. The molecule has 2 heterocycles. The average molecular weight is 357 g/mol. The van der Waals surface area contributed by atoms with E-state index in [-0.39, 0.29) is 0 Å². The van der Waals surface area contributed by atoms with Crippen molar-refractivity contribution in [2.45, 2.75) is 13.0 Å². The number of hydrogen-bond acceptors (Lipinski definition) is 5. The zero-order valence-corrected chi connectivity index (χ0v) is 14.2. The van der Waals surface area contributed by atoms with Crippen molar-refractivity contribution in [3.05, 3.63) is 76.0 Å². The number of rotatable bonds is 5. The van der Waals surface area contributed by atoms with Crippen LogP contribution < -0.4 is 4.74 Å². The summed E-state index contributed by atoms with van der Waals surface area (Å²) < 4.78 is 7.52. The first-order valence-electron chi connectivity index (χ1n) is 7.41. The molecule has 0 N–H and O–H groups in total. The predicted octanol–water partition coefficient (Wildman–Crippen LogP) is 4.01. The molecule has 0 unspecified atom stereocenters. The summed E-state index contributed by atoms with van der Waals surface area (Å²) in [5, 5.41) is 14.4. The second-order valence-corrected chi connectivity index (χ2v) is 6.64. The molecule has 4 aromatic rings. The van der Waals surface area contributed by atoms with E-state index >= 15 is 0 Å². The van der Waals surface area contributed by atoms with E-state index in [1.165, 1.54) is 16.9 Å². The maximum Gasteiger partial charge on any atom is 0.234 e. The van der Waals surface area contributed by atoms with Gasteiger partial charge in [0.2, 0.25) is 4.96 Å². The zero-order chi connectivity index (χ0) is 16.4. The predicted molar refractivity (Wildman–Crippen MR) is 93.7 cm³/mol. The minimum absolute atomic E-state index is 0.350. The highest BCUT2D eigenvalue weighted by Gasteiger charge is 2.13. The summed E-state index contributed by atoms with van der Waals surface area (Å²) in [5.41, 5.74) is 1.17. The van der Waals surface area contributed by atoms with Crippen LogP contribution >= 0.6 is 22.9 Å². The molecule has 24 heavy (non-hydrogen) atoms. The number of fused-ring (bicyclic) bond motifs is 1. The van der Waals surface area contributed by atoms with Gasteiger partial charge in [-0.05, 0) is 17.7 Å². The first-order chi connectivity index (χ1) is 11.8. The van der Waals surface area contributed by atoms with Gasteiger partial charge in [0.15, 0.2) is 10.8 Å². The van der Waals surface area contributed by atoms with Crippen LogP contribution in [0.2, 0.25) is 5.02 Å². The van der Waals surface area contributed by atoms with Gasteiger partial charge in [-0.15, -0.1) is 10.2 Å². The van der Waals surface area contributed by atoms with Crippen molar-refractivity contribution in [2.75, 3.05) is 0 Å². The van der Waals surface area contributed by atoms with Gasteiger partial charge < -0.3 is 4.74 Å². The molecule has 7 heteroatoms. The highest BCUT2D eigenvalue weighted by atomic mass is 35.5. The molecule has 0 fully saturated rings. The van der Waals surface area contributed by atoms with Gasteiger partial charge >= 0.3 is 0 Å². The summed E-state index contributed by atoms with van der Waals surface area (Å²) in [4.78, 5) is 0.763. The maximum absolute atomic E-state index is 6.09. The minimum Gasteiger partial charge on any atom is -0.485 e. The highest BCUT2D eigenvalue weighted by Crippen LogP contribution is 2.25. The van der Waals surface area contributed by atoms with Crippen LogP contribution in [0.25, 0.3) is 4.96 Å². The van der Waals surface area contributed by atoms with Crippen LogP contribution in [-0.4, -0.2) is 19.8 Å². The number of nitrogens with zero attached hydrogens (tertiary/aromatic N) is 4. The molecule has 0 saturated carbocycles. The molecule has 0 aliphatic rings. The standard InChI is InChI=1S/C17H13ClN4OS/c18-13-8-4-5-9-14(13)23-11-16-21-22-15(19-20-17(22)24-16)10-12-6-2-1-3-7-12/h1-9H,10-11H2. The average Bonchev–Trinajstić information content (AvgIpc) is 3.17. The van der Waals surface area contributed by atoms with Crippen LogP contribution in [-0.2, 0) is 13.0 Å². The van der Waals surface area contributed by atoms with E-state index < -0.39 is 0 Å². The van der Waals surface area contributed by atoms with Crippen molar-refractivity contribution in [1.29, 1.82) is 0 Å². The Balaban J connectivity index is 1.53. The Morgan fingerprint density at radius 2 is 1.79 bits per heavy atom. The van der Waals surface area contributed by atoms with Gasteiger partial charge in [0, 0.05) is 6.42 Å². The first kappa shape index (κ1) is 15.1. The van der Waals surface area contributed by atoms with Gasteiger partial charge in [-0.3, -0.25) is 0 Å². The van der Waals surface area contributed by atoms with Gasteiger partial charge in [-0.1, -0.05) is 65.4 Å². The molecule has 0 radical (unpaired) electrons. The van der Waals surface area contributed by atoms with Gasteiger partial charge in [-0.25, -0.2) is 0 Å². The molecule has 0 aliphatic heterocycles. The van der Waals surface area contributed by atoms with Crippen LogP contribution in [0.3, 0.4) is 0 Å². The maximum atomic E-state index is 6.09. The minimum atomic E-state index is 0.350. The molecule has 0 amide bonds. The quantitative estimate of drug-likeness (QED) is 0.542. The lowest BCUT2D eigenvalue weighted by Gasteiger charge is -2.04. The third kappa shape index (κ3) is 3.11. The van der Waals surface area contributed by atoms with Crippen LogP contribution in [0, 0.1) is 0 Å². The molecule has 0 bridgehead atoms. The molecule has 0 aliphatic carbocycles. The molecule has 0 saturated heterocycles. The van der Waals surface area contributed by atoms with Crippen molar-refractivity contribution in [3.63, 3.8) is 0 Å². The molecule has 120 valence electrons. The third-order valence-corrected chi connectivity index (χ3v) is 4.67. The summed E-state index contributed by atoms with van der Waals surface area (Å²) in [7, 11) is 0. The largest absolute Gasteiger partial charge is 0.485 e. The highest BCUT2D eigenvalue weighted by molar-refractivity contribution is 7.16. The fourth-order valence-electron chi connectivity index (χ4n) is 2.35. The number of hydrogen-bond donors (Lipinski definition) is 0. The lowest BCUT2D eigenvalue weighted by atomic mass is 10.1. The van der Waals surface area contributed by atoms with E-state index in [1.807, 2.05) is 36.4 Å². The Bertz CT molecular complexity index is 967. The molecule has 0 spiro atoms. The number of para-hydroxylation sites is 1. The third-order valence-electron chi connectivity index (χ3n) is 3.49. The van der Waals surface area contributed by atoms with Gasteiger partial charge in [0.1, 0.15) is 12.4 Å². The van der Waals surface area contributed by atoms with Crippen LogP contribution in [0.15, 0.2) is 54.6 Å². The zero-order valence-electron chi connectivity index (χ0n) is 12.6. The van der Waals surface area contributed by atoms with Crippen LogP contribution in [0.4, 0.5) is 0 Å². The van der Waals surface area contributed by atoms with E-state index in [9.17, 15) is 0 Å². The fourth-order valence-corrected chi connectivity index (χ4v) is 3.30. The molecule has 2 aromatic heterocycles. The smallest absolute Gasteiger partial charge is 0.234 e. The van der Waals surface area contributed by atoms with Crippen LogP contribution in [0.5, 0.6) is 5.75 Å². The summed E-state index contributed by atoms with van der Waals surface area (Å²) in [6.45, 7) is 0.350. The van der Waals surface area contributed by atoms with Gasteiger partial charge in [0.05, 0.1) is 5.02 Å². The second kappa shape index (κ2) is 6.59. The Labute approximate surface area is 147 Å². The lowest BCUT2D eigenvalue weighted by Crippen LogP contribution is -2.00.